The summed E-state index contributed by atoms with van der Waals surface area (Å²) in [5, 5.41) is 11.2. The Balaban J connectivity index is 0.000000201. The summed E-state index contributed by atoms with van der Waals surface area (Å²) >= 11 is 0. The highest BCUT2D eigenvalue weighted by Gasteiger charge is 2.24. The van der Waals surface area contributed by atoms with E-state index in [1.807, 2.05) is 123 Å². The third-order valence-electron chi connectivity index (χ3n) is 21.7. The zero-order valence-electron chi connectivity index (χ0n) is 73.3. The van der Waals surface area contributed by atoms with Crippen LogP contribution in [0.5, 0.6) is 0 Å². The van der Waals surface area contributed by atoms with Gasteiger partial charge in [0.1, 0.15) is 59.6 Å². The summed E-state index contributed by atoms with van der Waals surface area (Å²) in [7, 11) is 1.66. The monoisotopic (exact) mass is 1740 g/mol. The first-order chi connectivity index (χ1) is 61.7. The van der Waals surface area contributed by atoms with Crippen molar-refractivity contribution in [1.82, 2.24) is 59.6 Å². The van der Waals surface area contributed by atoms with Crippen molar-refractivity contribution in [1.29, 1.82) is 0 Å². The van der Waals surface area contributed by atoms with Gasteiger partial charge in [-0.25, -0.2) is 34.7 Å². The number of nitrogens with one attached hydrogen (secondary N) is 3. The van der Waals surface area contributed by atoms with Crippen molar-refractivity contribution in [3.63, 3.8) is 0 Å². The van der Waals surface area contributed by atoms with Crippen molar-refractivity contribution in [3.05, 3.63) is 196 Å². The number of carbonyl (C=O) groups is 8. The van der Waals surface area contributed by atoms with Crippen LogP contribution in [0.4, 0.5) is 22.2 Å². The van der Waals surface area contributed by atoms with Crippen LogP contribution in [0.1, 0.15) is 149 Å². The molecule has 0 saturated carbocycles. The number of Topliss-reactive ketones (excluding diaryl/α,β-unsaturated/α-hetero) is 2. The number of benzene rings is 6. The Morgan fingerprint density at radius 2 is 0.795 bits per heavy atom. The third-order valence-corrected chi connectivity index (χ3v) is 21.7. The van der Waals surface area contributed by atoms with Crippen LogP contribution in [-0.2, 0) is 125 Å². The quantitative estimate of drug-likeness (QED) is 0.0130. The molecule has 5 amide bonds. The maximum Gasteiger partial charge on any atom is 0.407 e. The van der Waals surface area contributed by atoms with Gasteiger partial charge in [-0.15, -0.1) is 0 Å². The van der Waals surface area contributed by atoms with Crippen molar-refractivity contribution < 1.29 is 71.5 Å². The summed E-state index contributed by atoms with van der Waals surface area (Å²) in [6.07, 6.45) is 9.73. The van der Waals surface area contributed by atoms with Gasteiger partial charge in [-0.05, 0) is 96.5 Å². The smallest absolute Gasteiger partial charge is 0.407 e. The average molecular weight is 1740 g/mol. The molecule has 6 aromatic heterocycles. The summed E-state index contributed by atoms with van der Waals surface area (Å²) in [6, 6.07) is 48.3. The van der Waals surface area contributed by atoms with Crippen molar-refractivity contribution in [2.75, 3.05) is 104 Å². The number of ether oxygens (including phenoxy) is 7. The lowest BCUT2D eigenvalue weighted by Gasteiger charge is -2.12. The maximum absolute atomic E-state index is 12.3. The number of nitrogens with zero attached hydrogens (tertiary/aromatic N) is 9. The fraction of sp³-hybridized carbons (Fsp3) is 0.411. The molecule has 0 fully saturated rings. The minimum Gasteiger partial charge on any atom is -0.465 e. The van der Waals surface area contributed by atoms with Gasteiger partial charge in [-0.3, -0.25) is 33.6 Å². The van der Waals surface area contributed by atoms with E-state index < -0.39 is 12.0 Å². The Morgan fingerprint density at radius 3 is 1.21 bits per heavy atom. The van der Waals surface area contributed by atoms with E-state index in [4.69, 9.17) is 72.0 Å². The van der Waals surface area contributed by atoms with Gasteiger partial charge in [0, 0.05) is 113 Å². The first-order valence-corrected chi connectivity index (χ1v) is 43.5. The highest BCUT2D eigenvalue weighted by molar-refractivity contribution is 6.09. The Hall–Kier alpha value is -12.9. The van der Waals surface area contributed by atoms with E-state index in [-0.39, 0.29) is 80.5 Å². The summed E-state index contributed by atoms with van der Waals surface area (Å²) in [4.78, 5) is 122. The molecule has 0 aliphatic heterocycles. The summed E-state index contributed by atoms with van der Waals surface area (Å²) < 4.78 is 42.7. The van der Waals surface area contributed by atoms with Crippen LogP contribution in [0.3, 0.4) is 0 Å². The number of para-hydroxylation sites is 3. The van der Waals surface area contributed by atoms with Gasteiger partial charge in [0.15, 0.2) is 29.8 Å². The van der Waals surface area contributed by atoms with E-state index in [0.717, 1.165) is 144 Å². The molecule has 32 nitrogen and oxygen atoms in total. The van der Waals surface area contributed by atoms with Crippen LogP contribution in [0, 0.1) is 11.8 Å². The third kappa shape index (κ3) is 28.6. The number of aromatic nitrogens is 9. The van der Waals surface area contributed by atoms with Gasteiger partial charge >= 0.3 is 6.09 Å². The van der Waals surface area contributed by atoms with E-state index in [1.54, 1.807) is 7.11 Å². The van der Waals surface area contributed by atoms with Crippen molar-refractivity contribution in [2.24, 2.45) is 23.3 Å². The van der Waals surface area contributed by atoms with E-state index in [9.17, 15) is 38.4 Å². The molecule has 12 rings (SSSR count). The van der Waals surface area contributed by atoms with Crippen molar-refractivity contribution >= 4 is 131 Å². The van der Waals surface area contributed by atoms with Crippen LogP contribution in [0.25, 0.3) is 65.8 Å². The van der Waals surface area contributed by atoms with E-state index in [1.165, 1.54) is 5.56 Å². The number of methoxy groups -OCH3 is 1. The molecule has 127 heavy (non-hydrogen) atoms. The maximum atomic E-state index is 12.3. The number of alkyl carbamates (subject to hydrolysis) is 1. The normalized spacial score (nSPS) is 11.8. The lowest BCUT2D eigenvalue weighted by molar-refractivity contribution is -0.132. The fourth-order valence-corrected chi connectivity index (χ4v) is 14.7. The van der Waals surface area contributed by atoms with Crippen LogP contribution in [0.15, 0.2) is 146 Å². The number of carbonyl (C=O) groups excluding carboxylic acids is 8. The number of ketones is 2. The molecule has 0 bridgehead atoms. The second-order valence-electron chi connectivity index (χ2n) is 30.9. The minimum atomic E-state index is -0.685. The number of amides is 5. The fourth-order valence-electron chi connectivity index (χ4n) is 14.7. The largest absolute Gasteiger partial charge is 0.465 e. The lowest BCUT2D eigenvalue weighted by atomic mass is 9.96. The van der Waals surface area contributed by atoms with Crippen LogP contribution < -0.4 is 44.6 Å². The highest BCUT2D eigenvalue weighted by atomic mass is 16.6. The van der Waals surface area contributed by atoms with Gasteiger partial charge in [0.05, 0.1) is 79.3 Å². The Kier molecular flexibility index (Phi) is 38.2. The summed E-state index contributed by atoms with van der Waals surface area (Å²) in [5.41, 5.74) is 43.5. The first-order valence-electron chi connectivity index (χ1n) is 43.5. The van der Waals surface area contributed by atoms with Gasteiger partial charge in [-0.2, -0.15) is 0 Å². The number of nitrogen functional groups attached to an aromatic ring is 3. The number of hydrogen-bond acceptors (Lipinski definition) is 24. The predicted octanol–water partition coefficient (Wildman–Crippen LogP) is 11.4. The van der Waals surface area contributed by atoms with E-state index in [2.05, 4.69) is 99.6 Å². The van der Waals surface area contributed by atoms with E-state index in [0.29, 0.717) is 160 Å². The molecule has 0 spiro atoms. The number of imidazole rings is 3. The van der Waals surface area contributed by atoms with Crippen LogP contribution in [0.2, 0.25) is 0 Å². The number of pyridine rings is 3. The zero-order valence-corrected chi connectivity index (χ0v) is 73.3. The molecule has 0 saturated heterocycles. The molecule has 2 atom stereocenters. The number of nitrogens with two attached hydrogens (primary N) is 5. The Morgan fingerprint density at radius 1 is 0.409 bits per heavy atom. The molecule has 32 heteroatoms. The number of rotatable bonds is 51. The number of aryl methyl sites for hydroxylation is 3. The number of fused-ring (bicyclic) bond motifs is 9. The van der Waals surface area contributed by atoms with Gasteiger partial charge in [0.25, 0.3) is 6.47 Å². The Labute approximate surface area is 738 Å². The SMILES string of the molecule is CCCCc1nc2c(N)nc3ccccc3c2n1Cc1ccc(CCC(=O)CC[C@H](CC)C(N)=O)cc1.CCCCc1nc2c(N)nc3ccccc3c2n1Cc1ccc(CNC(=O)COCC(=O)NCCOCCOCCOCCOC=O)cc1.CC[C@@H](CCC(=O)COC(=O)NCc1ccc(Cn2c(CCOC)nc3c(N)nc4ccccc4c32)cc1)C(N)=O. The topological polar surface area (TPSA) is 459 Å². The molecular weight excluding hydrogens is 1620 g/mol. The van der Waals surface area contributed by atoms with Crippen molar-refractivity contribution in [3.8, 4) is 0 Å². The molecule has 6 heterocycles. The summed E-state index contributed by atoms with van der Waals surface area (Å²) in [5.74, 6) is 2.11. The standard InChI is InChI=1S/C35H46N6O8.C30H36N6O5.C30H37N5O2/c1-2-3-8-30-40-33-34(28-6-4-5-7-29(28)39-35(33)36)41(30)22-27-11-9-26(10-12-27)21-38-32(44)24-49-23-31(43)37-13-14-45-15-16-46-17-18-47-19-20-48-25-42;1-3-21(29(32)38)12-13-22(37)18-41-30(39)33-16-19-8-10-20(11-9-19)17-36-25(14-15-40-2)35-26-27(36)23-6-4-5-7-24(23)34-28(26)31;1-3-5-10-26-34-27-28(24-8-6-7-9-25(24)33-29(27)31)35(26)19-21-13-11-20(12-14-21)15-17-23(36)18-16-22(4-2)30(32)37/h4-7,9-12,25H,2-3,8,13-24H2,1H3,(H2,36,39)(H,37,43)(H,38,44);4-11,21H,3,12-18H2,1-2H3,(H2,31,34)(H2,32,38)(H,33,39);6-9,11-14,22H,3-5,10,15-19H2,1-2H3,(H2,31,33)(H2,32,37)/t;21-;22-/m.00/s1. The first kappa shape index (κ1) is 96.3. The zero-order chi connectivity index (χ0) is 90.4. The summed E-state index contributed by atoms with van der Waals surface area (Å²) in [6.45, 7) is 13.4. The van der Waals surface area contributed by atoms with E-state index >= 15 is 0 Å². The number of primary amides is 2. The second-order valence-corrected chi connectivity index (χ2v) is 30.9. The molecule has 6 aromatic carbocycles. The number of anilines is 3. The second kappa shape index (κ2) is 50.3. The molecule has 674 valence electrons. The molecule has 0 radical (unpaired) electrons. The molecule has 0 aliphatic rings. The highest BCUT2D eigenvalue weighted by Crippen LogP contribution is 2.34. The Bertz CT molecular complexity index is 5640. The molecule has 0 unspecified atom stereocenters. The molecule has 13 N–H and O–H groups in total. The van der Waals surface area contributed by atoms with Crippen LogP contribution in [-0.4, -0.2) is 178 Å². The van der Waals surface area contributed by atoms with Gasteiger partial charge < -0.3 is 91.5 Å². The van der Waals surface area contributed by atoms with Gasteiger partial charge in [-0.1, -0.05) is 168 Å². The minimum absolute atomic E-state index is 0.133. The molecular formula is C95H119N17O15. The average Bonchev–Trinajstić information content (AvgIpc) is 1.62. The lowest BCUT2D eigenvalue weighted by Crippen LogP contribution is -2.33. The van der Waals surface area contributed by atoms with Gasteiger partial charge in [0.2, 0.25) is 23.6 Å². The number of unbranched alkanes of at least 4 members (excludes halogenated alkanes) is 2. The van der Waals surface area contributed by atoms with Crippen LogP contribution >= 0.6 is 0 Å². The number of hydrogen-bond donors (Lipinski definition) is 8. The predicted molar refractivity (Wildman–Crippen MR) is 489 cm³/mol. The molecule has 12 aromatic rings. The molecule has 0 aliphatic carbocycles. The van der Waals surface area contributed by atoms with Crippen molar-refractivity contribution in [2.45, 2.75) is 157 Å².